The minimum Gasteiger partial charge on any atom is -0.381 e. The summed E-state index contributed by atoms with van der Waals surface area (Å²) in [6.07, 6.45) is 6.09. The Hall–Kier alpha value is -2.44. The number of amides is 1. The number of rotatable bonds is 4. The van der Waals surface area contributed by atoms with Crippen molar-refractivity contribution in [1.82, 2.24) is 14.9 Å². The van der Waals surface area contributed by atoms with Crippen LogP contribution in [0, 0.1) is 15.4 Å². The van der Waals surface area contributed by atoms with E-state index in [1.54, 1.807) is 4.90 Å². The Bertz CT molecular complexity index is 1100. The van der Waals surface area contributed by atoms with Gasteiger partial charge in [-0.15, -0.1) is 0 Å². The zero-order valence-corrected chi connectivity index (χ0v) is 20.6. The van der Waals surface area contributed by atoms with E-state index in [1.807, 2.05) is 38.3 Å². The van der Waals surface area contributed by atoms with Gasteiger partial charge in [-0.3, -0.25) is 4.79 Å². The van der Waals surface area contributed by atoms with E-state index in [-0.39, 0.29) is 5.91 Å². The molecule has 1 N–H and O–H groups in total. The van der Waals surface area contributed by atoms with Crippen LogP contribution in [0.3, 0.4) is 0 Å². The fraction of sp³-hybridized carbons (Fsp3) is 0.400. The Morgan fingerprint density at radius 3 is 2.91 bits per heavy atom. The van der Waals surface area contributed by atoms with Crippen LogP contribution in [0.5, 0.6) is 0 Å². The summed E-state index contributed by atoms with van der Waals surface area (Å²) in [6.45, 7) is 9.80. The van der Waals surface area contributed by atoms with Crippen molar-refractivity contribution in [3.63, 3.8) is 0 Å². The number of carbonyl (C=O) groups excluding carboxylic acids is 1. The predicted octanol–water partition coefficient (Wildman–Crippen LogP) is 4.14. The molecule has 6 nitrogen and oxygen atoms in total. The molecule has 3 heterocycles. The quantitative estimate of drug-likeness (QED) is 0.465. The first-order valence-corrected chi connectivity index (χ1v) is 11.9. The van der Waals surface area contributed by atoms with Crippen molar-refractivity contribution in [2.45, 2.75) is 51.2 Å². The van der Waals surface area contributed by atoms with Gasteiger partial charge in [-0.25, -0.2) is 9.97 Å². The number of hydrogen-bond acceptors (Lipinski definition) is 5. The molecule has 166 valence electrons. The second-order valence-electron chi connectivity index (χ2n) is 8.57. The molecule has 0 spiro atoms. The number of halogens is 1. The molecule has 0 saturated carbocycles. The summed E-state index contributed by atoms with van der Waals surface area (Å²) in [6, 6.07) is 6.45. The number of anilines is 1. The molecule has 4 rings (SSSR count). The lowest BCUT2D eigenvalue weighted by Crippen LogP contribution is -2.39. The van der Waals surface area contributed by atoms with Gasteiger partial charge in [0.2, 0.25) is 5.95 Å². The Balaban J connectivity index is 1.44. The highest BCUT2D eigenvalue weighted by Crippen LogP contribution is 2.37. The molecular weight excluding hydrogens is 515 g/mol. The number of nitrogens with zero attached hydrogens (tertiary/aromatic N) is 3. The third-order valence-electron chi connectivity index (χ3n) is 6.08. The van der Waals surface area contributed by atoms with Gasteiger partial charge in [0, 0.05) is 41.0 Å². The first-order chi connectivity index (χ1) is 15.4. The van der Waals surface area contributed by atoms with Crippen LogP contribution in [0.1, 0.15) is 49.1 Å². The molecule has 0 atom stereocenters. The Morgan fingerprint density at radius 2 is 2.19 bits per heavy atom. The van der Waals surface area contributed by atoms with Gasteiger partial charge in [0.05, 0.1) is 17.8 Å². The minimum absolute atomic E-state index is 0.190. The van der Waals surface area contributed by atoms with Crippen molar-refractivity contribution < 1.29 is 9.53 Å². The van der Waals surface area contributed by atoms with Crippen molar-refractivity contribution >= 4 is 40.5 Å². The maximum absolute atomic E-state index is 12.9. The lowest BCUT2D eigenvalue weighted by molar-refractivity contribution is -0.130. The van der Waals surface area contributed by atoms with Crippen molar-refractivity contribution in [2.75, 3.05) is 18.5 Å². The number of nitrogens with one attached hydrogen (secondary N) is 1. The smallest absolute Gasteiger partial charge is 0.299 e. The molecule has 1 fully saturated rings. The third-order valence-corrected chi connectivity index (χ3v) is 7.02. The zero-order chi connectivity index (χ0) is 22.7. The first kappa shape index (κ1) is 22.7. The molecule has 1 aromatic carbocycles. The van der Waals surface area contributed by atoms with Crippen LogP contribution in [0.25, 0.3) is 6.08 Å². The van der Waals surface area contributed by atoms with Crippen LogP contribution in [0.4, 0.5) is 5.95 Å². The van der Waals surface area contributed by atoms with E-state index in [0.717, 1.165) is 52.0 Å². The van der Waals surface area contributed by atoms with E-state index in [0.29, 0.717) is 25.0 Å². The molecule has 0 aliphatic carbocycles. The monoisotopic (exact) mass is 542 g/mol. The highest BCUT2D eigenvalue weighted by molar-refractivity contribution is 14.1. The van der Waals surface area contributed by atoms with E-state index in [2.05, 4.69) is 57.4 Å². The maximum Gasteiger partial charge on any atom is 0.299 e. The summed E-state index contributed by atoms with van der Waals surface area (Å²) >= 11 is 2.29. The Kier molecular flexibility index (Phi) is 6.82. The van der Waals surface area contributed by atoms with Crippen molar-refractivity contribution in [2.24, 2.45) is 0 Å². The number of benzene rings is 1. The summed E-state index contributed by atoms with van der Waals surface area (Å²) in [7, 11) is 0. The highest BCUT2D eigenvalue weighted by atomic mass is 127. The number of fused-ring (bicyclic) bond motifs is 1. The fourth-order valence-electron chi connectivity index (χ4n) is 4.10. The minimum atomic E-state index is -0.501. The predicted molar refractivity (Wildman–Crippen MR) is 134 cm³/mol. The van der Waals surface area contributed by atoms with Crippen molar-refractivity contribution in [3.05, 3.63) is 56.9 Å². The lowest BCUT2D eigenvalue weighted by atomic mass is 9.97. The lowest BCUT2D eigenvalue weighted by Gasteiger charge is -2.30. The summed E-state index contributed by atoms with van der Waals surface area (Å²) in [5.41, 5.74) is 3.53. The molecule has 0 bridgehead atoms. The van der Waals surface area contributed by atoms with Crippen molar-refractivity contribution in [3.8, 4) is 11.8 Å². The zero-order valence-electron chi connectivity index (χ0n) is 18.4. The van der Waals surface area contributed by atoms with Crippen LogP contribution in [0.2, 0.25) is 0 Å². The Labute approximate surface area is 203 Å². The van der Waals surface area contributed by atoms with E-state index >= 15 is 0 Å². The topological polar surface area (TPSA) is 67.4 Å². The van der Waals surface area contributed by atoms with Gasteiger partial charge in [-0.1, -0.05) is 30.7 Å². The van der Waals surface area contributed by atoms with E-state index in [4.69, 9.17) is 9.72 Å². The second kappa shape index (κ2) is 9.59. The van der Waals surface area contributed by atoms with Gasteiger partial charge in [0.1, 0.15) is 0 Å². The van der Waals surface area contributed by atoms with E-state index in [1.165, 1.54) is 0 Å². The molecule has 0 radical (unpaired) electrons. The van der Waals surface area contributed by atoms with Gasteiger partial charge in [0.25, 0.3) is 5.91 Å². The normalized spacial score (nSPS) is 17.3. The van der Waals surface area contributed by atoms with Crippen LogP contribution in [0.15, 0.2) is 31.0 Å². The van der Waals surface area contributed by atoms with Crippen LogP contribution in [-0.4, -0.2) is 40.0 Å². The average Bonchev–Trinajstić information content (AvgIpc) is 3.04. The number of ether oxygens (including phenoxy) is 1. The number of hydrogen-bond donors (Lipinski definition) is 1. The Morgan fingerprint density at radius 1 is 1.41 bits per heavy atom. The molecule has 32 heavy (non-hydrogen) atoms. The van der Waals surface area contributed by atoms with Crippen molar-refractivity contribution in [1.29, 1.82) is 0 Å². The molecule has 2 aliphatic rings. The van der Waals surface area contributed by atoms with Gasteiger partial charge in [-0.05, 0) is 72.4 Å². The summed E-state index contributed by atoms with van der Waals surface area (Å²) in [4.78, 5) is 24.0. The number of carbonyl (C=O) groups is 1. The molecule has 2 aliphatic heterocycles. The van der Waals surface area contributed by atoms with Crippen LogP contribution >= 0.6 is 22.6 Å². The van der Waals surface area contributed by atoms with E-state index < -0.39 is 5.54 Å². The van der Waals surface area contributed by atoms with Gasteiger partial charge in [-0.2, -0.15) is 0 Å². The standard InChI is InChI=1S/C25H27IN4O2/c1-4-18-9-8-17(14-21(18)26)6-5-7-23(31)30-16-22-20(25(30,2)3)15-27-24(29-22)28-19-10-12-32-13-11-19/h4,8-9,14-15,19H,1,6,10-13,16H2,2-3H3,(H,27,28,29). The molecule has 1 aromatic heterocycles. The molecule has 2 aromatic rings. The summed E-state index contributed by atoms with van der Waals surface area (Å²) in [5, 5.41) is 3.41. The summed E-state index contributed by atoms with van der Waals surface area (Å²) in [5.74, 6) is 6.30. The summed E-state index contributed by atoms with van der Waals surface area (Å²) < 4.78 is 6.54. The van der Waals surface area contributed by atoms with Gasteiger partial charge >= 0.3 is 0 Å². The fourth-order valence-corrected chi connectivity index (χ4v) is 4.90. The van der Waals surface area contributed by atoms with E-state index in [9.17, 15) is 4.79 Å². The maximum atomic E-state index is 12.9. The molecule has 0 unspecified atom stereocenters. The van der Waals surface area contributed by atoms with Gasteiger partial charge in [0.15, 0.2) is 0 Å². The van der Waals surface area contributed by atoms with Crippen LogP contribution in [-0.2, 0) is 28.0 Å². The molecular formula is C25H27IN4O2. The largest absolute Gasteiger partial charge is 0.381 e. The highest BCUT2D eigenvalue weighted by Gasteiger charge is 2.41. The second-order valence-corrected chi connectivity index (χ2v) is 9.74. The molecule has 1 amide bonds. The SMILES string of the molecule is C=Cc1ccc(CC#CC(=O)N2Cc3nc(NC4CCOCC4)ncc3C2(C)C)cc1I. The molecule has 7 heteroatoms. The molecule has 1 saturated heterocycles. The number of aromatic nitrogens is 2. The average molecular weight is 542 g/mol. The third kappa shape index (κ3) is 4.81. The first-order valence-electron chi connectivity index (χ1n) is 10.8. The van der Waals surface area contributed by atoms with Crippen LogP contribution < -0.4 is 5.32 Å². The van der Waals surface area contributed by atoms with Gasteiger partial charge < -0.3 is 15.0 Å².